The monoisotopic (exact) mass is 240 g/mol. The minimum absolute atomic E-state index is 0.122. The van der Waals surface area contributed by atoms with Crippen LogP contribution in [0.4, 0.5) is 0 Å². The summed E-state index contributed by atoms with van der Waals surface area (Å²) in [6, 6.07) is 0. The van der Waals surface area contributed by atoms with Gasteiger partial charge in [0, 0.05) is 26.1 Å². The molecule has 2 rings (SSSR count). The van der Waals surface area contributed by atoms with Crippen molar-refractivity contribution in [1.29, 1.82) is 0 Å². The molecule has 0 bridgehead atoms. The summed E-state index contributed by atoms with van der Waals surface area (Å²) in [5.74, 6) is -0.508. The Morgan fingerprint density at radius 1 is 1.41 bits per heavy atom. The molecule has 0 aromatic carbocycles. The van der Waals surface area contributed by atoms with E-state index in [-0.39, 0.29) is 11.8 Å². The molecule has 2 aliphatic rings. The lowest BCUT2D eigenvalue weighted by Gasteiger charge is -2.32. The molecule has 96 valence electrons. The number of carboxylic acids is 1. The Kier molecular flexibility index (Phi) is 3.66. The lowest BCUT2D eigenvalue weighted by molar-refractivity contribution is -0.147. The predicted molar refractivity (Wildman–Crippen MR) is 62.5 cm³/mol. The van der Waals surface area contributed by atoms with E-state index in [0.717, 1.165) is 26.1 Å². The maximum Gasteiger partial charge on any atom is 0.308 e. The molecule has 0 aliphatic carbocycles. The maximum absolute atomic E-state index is 11.8. The van der Waals surface area contributed by atoms with Gasteiger partial charge in [0.1, 0.15) is 0 Å². The molecule has 2 unspecified atom stereocenters. The molecule has 2 atom stereocenters. The van der Waals surface area contributed by atoms with Gasteiger partial charge in [-0.15, -0.1) is 0 Å². The van der Waals surface area contributed by atoms with Crippen molar-refractivity contribution in [2.24, 2.45) is 11.8 Å². The molecule has 1 N–H and O–H groups in total. The molecule has 0 spiro atoms. The highest BCUT2D eigenvalue weighted by Crippen LogP contribution is 2.22. The van der Waals surface area contributed by atoms with Crippen molar-refractivity contribution in [3.05, 3.63) is 0 Å². The van der Waals surface area contributed by atoms with Gasteiger partial charge in [0.05, 0.1) is 5.92 Å². The van der Waals surface area contributed by atoms with Crippen molar-refractivity contribution in [2.45, 2.75) is 19.3 Å². The molecule has 5 nitrogen and oxygen atoms in total. The minimum Gasteiger partial charge on any atom is -0.481 e. The molecule has 0 aromatic rings. The lowest BCUT2D eigenvalue weighted by Crippen LogP contribution is -2.45. The molecule has 2 heterocycles. The standard InChI is InChI=1S/C12H20N2O3/c1-13-5-4-9(6-13)7-14-8-10(12(16)17)2-3-11(14)15/h9-10H,2-8H2,1H3,(H,16,17). The van der Waals surface area contributed by atoms with Crippen LogP contribution in [0.2, 0.25) is 0 Å². The Morgan fingerprint density at radius 2 is 2.18 bits per heavy atom. The second-order valence-electron chi connectivity index (χ2n) is 5.29. The average Bonchev–Trinajstić information content (AvgIpc) is 2.67. The number of hydrogen-bond acceptors (Lipinski definition) is 3. The molecule has 2 saturated heterocycles. The topological polar surface area (TPSA) is 60.9 Å². The van der Waals surface area contributed by atoms with Gasteiger partial charge < -0.3 is 14.9 Å². The van der Waals surface area contributed by atoms with Gasteiger partial charge in [0.15, 0.2) is 0 Å². The molecule has 2 fully saturated rings. The molecule has 0 radical (unpaired) electrons. The maximum atomic E-state index is 11.8. The van der Waals surface area contributed by atoms with Crippen LogP contribution >= 0.6 is 0 Å². The van der Waals surface area contributed by atoms with Gasteiger partial charge in [-0.05, 0) is 32.4 Å². The van der Waals surface area contributed by atoms with Crippen molar-refractivity contribution in [3.63, 3.8) is 0 Å². The van der Waals surface area contributed by atoms with Crippen LogP contribution in [0.1, 0.15) is 19.3 Å². The van der Waals surface area contributed by atoms with E-state index in [1.165, 1.54) is 0 Å². The van der Waals surface area contributed by atoms with Crippen LogP contribution in [-0.4, -0.2) is 60.0 Å². The van der Waals surface area contributed by atoms with Gasteiger partial charge in [0.25, 0.3) is 0 Å². The minimum atomic E-state index is -0.772. The predicted octanol–water partition coefficient (Wildman–Crippen LogP) is 0.261. The Balaban J connectivity index is 1.89. The van der Waals surface area contributed by atoms with Crippen LogP contribution in [0.15, 0.2) is 0 Å². The first-order chi connectivity index (χ1) is 8.06. The van der Waals surface area contributed by atoms with Crippen LogP contribution in [-0.2, 0) is 9.59 Å². The second-order valence-corrected chi connectivity index (χ2v) is 5.29. The summed E-state index contributed by atoms with van der Waals surface area (Å²) in [6.07, 6.45) is 1.99. The van der Waals surface area contributed by atoms with Crippen molar-refractivity contribution < 1.29 is 14.7 Å². The quantitative estimate of drug-likeness (QED) is 0.769. The Hall–Kier alpha value is -1.10. The largest absolute Gasteiger partial charge is 0.481 e. The molecule has 1 amide bonds. The van der Waals surface area contributed by atoms with E-state index < -0.39 is 5.97 Å². The first-order valence-electron chi connectivity index (χ1n) is 6.25. The fourth-order valence-corrected chi connectivity index (χ4v) is 2.78. The van der Waals surface area contributed by atoms with Gasteiger partial charge in [-0.1, -0.05) is 0 Å². The van der Waals surface area contributed by atoms with Gasteiger partial charge in [-0.3, -0.25) is 9.59 Å². The van der Waals surface area contributed by atoms with E-state index >= 15 is 0 Å². The normalized spacial score (nSPS) is 30.9. The number of carbonyl (C=O) groups is 2. The fourth-order valence-electron chi connectivity index (χ4n) is 2.78. The molecule has 2 aliphatic heterocycles. The lowest BCUT2D eigenvalue weighted by atomic mass is 9.96. The summed E-state index contributed by atoms with van der Waals surface area (Å²) < 4.78 is 0. The van der Waals surface area contributed by atoms with Gasteiger partial charge in [-0.25, -0.2) is 0 Å². The van der Waals surface area contributed by atoms with E-state index in [9.17, 15) is 9.59 Å². The summed E-state index contributed by atoms with van der Waals surface area (Å²) in [6.45, 7) is 3.22. The van der Waals surface area contributed by atoms with Crippen LogP contribution < -0.4 is 0 Å². The summed E-state index contributed by atoms with van der Waals surface area (Å²) in [4.78, 5) is 26.7. The number of rotatable bonds is 3. The first-order valence-corrected chi connectivity index (χ1v) is 6.25. The van der Waals surface area contributed by atoms with Crippen molar-refractivity contribution in [2.75, 3.05) is 33.2 Å². The third kappa shape index (κ3) is 2.97. The Bertz CT molecular complexity index is 319. The van der Waals surface area contributed by atoms with E-state index in [0.29, 0.717) is 25.3 Å². The van der Waals surface area contributed by atoms with Crippen LogP contribution in [0.25, 0.3) is 0 Å². The second kappa shape index (κ2) is 5.04. The van der Waals surface area contributed by atoms with E-state index in [2.05, 4.69) is 11.9 Å². The number of amides is 1. The highest BCUT2D eigenvalue weighted by Gasteiger charge is 2.32. The highest BCUT2D eigenvalue weighted by atomic mass is 16.4. The van der Waals surface area contributed by atoms with Crippen LogP contribution in [0, 0.1) is 11.8 Å². The number of likely N-dealkylation sites (tertiary alicyclic amines) is 2. The molecule has 0 saturated carbocycles. The van der Waals surface area contributed by atoms with Crippen molar-refractivity contribution in [1.82, 2.24) is 9.80 Å². The van der Waals surface area contributed by atoms with E-state index in [4.69, 9.17) is 5.11 Å². The molecular weight excluding hydrogens is 220 g/mol. The molecular formula is C12H20N2O3. The Labute approximate surface area is 101 Å². The van der Waals surface area contributed by atoms with Gasteiger partial charge >= 0.3 is 5.97 Å². The summed E-state index contributed by atoms with van der Waals surface area (Å²) in [5.41, 5.74) is 0. The Morgan fingerprint density at radius 3 is 2.76 bits per heavy atom. The summed E-state index contributed by atoms with van der Waals surface area (Å²) >= 11 is 0. The SMILES string of the molecule is CN1CCC(CN2CC(C(=O)O)CCC2=O)C1. The first kappa shape index (κ1) is 12.4. The van der Waals surface area contributed by atoms with Crippen molar-refractivity contribution >= 4 is 11.9 Å². The van der Waals surface area contributed by atoms with Crippen LogP contribution in [0.5, 0.6) is 0 Å². The van der Waals surface area contributed by atoms with Crippen LogP contribution in [0.3, 0.4) is 0 Å². The zero-order chi connectivity index (χ0) is 12.4. The van der Waals surface area contributed by atoms with E-state index in [1.807, 2.05) is 0 Å². The fraction of sp³-hybridized carbons (Fsp3) is 0.833. The number of nitrogens with zero attached hydrogens (tertiary/aromatic N) is 2. The average molecular weight is 240 g/mol. The number of carboxylic acid groups (broad SMARTS) is 1. The zero-order valence-corrected chi connectivity index (χ0v) is 10.3. The van der Waals surface area contributed by atoms with Gasteiger partial charge in [0.2, 0.25) is 5.91 Å². The number of hydrogen-bond donors (Lipinski definition) is 1. The summed E-state index contributed by atoms with van der Waals surface area (Å²) in [5, 5.41) is 9.00. The smallest absolute Gasteiger partial charge is 0.308 e. The third-order valence-electron chi connectivity index (χ3n) is 3.82. The van der Waals surface area contributed by atoms with Gasteiger partial charge in [-0.2, -0.15) is 0 Å². The number of carbonyl (C=O) groups excluding carboxylic acids is 1. The molecule has 17 heavy (non-hydrogen) atoms. The summed E-state index contributed by atoms with van der Waals surface area (Å²) in [7, 11) is 2.08. The van der Waals surface area contributed by atoms with E-state index in [1.54, 1.807) is 4.90 Å². The molecule has 0 aromatic heterocycles. The highest BCUT2D eigenvalue weighted by molar-refractivity contribution is 5.80. The number of aliphatic carboxylic acids is 1. The van der Waals surface area contributed by atoms with Crippen molar-refractivity contribution in [3.8, 4) is 0 Å². The number of piperidine rings is 1. The molecule has 5 heteroatoms. The third-order valence-corrected chi connectivity index (χ3v) is 3.82. The zero-order valence-electron chi connectivity index (χ0n) is 10.3.